The highest BCUT2D eigenvalue weighted by Gasteiger charge is 2.18. The molecule has 0 aliphatic carbocycles. The number of rotatable bonds is 4. The first-order chi connectivity index (χ1) is 9.79. The molecular formula is C14H17N3O3S. The van der Waals surface area contributed by atoms with E-state index in [9.17, 15) is 13.2 Å². The van der Waals surface area contributed by atoms with Crippen LogP contribution in [0, 0.1) is 6.92 Å². The Morgan fingerprint density at radius 1 is 1.38 bits per heavy atom. The van der Waals surface area contributed by atoms with Crippen LogP contribution < -0.4 is 0 Å². The van der Waals surface area contributed by atoms with Crippen LogP contribution in [0.3, 0.4) is 0 Å². The van der Waals surface area contributed by atoms with Crippen molar-refractivity contribution in [3.63, 3.8) is 0 Å². The van der Waals surface area contributed by atoms with Crippen molar-refractivity contribution in [3.8, 4) is 0 Å². The minimum Gasteiger partial charge on any atom is -0.337 e. The number of aromatic amines is 1. The van der Waals surface area contributed by atoms with E-state index in [1.54, 1.807) is 32.4 Å². The first-order valence-electron chi connectivity index (χ1n) is 6.33. The predicted octanol–water partition coefficient (Wildman–Crippen LogP) is 1.39. The standard InChI is InChI=1S/C14H17N3O3S/c1-10-4-5-12(21(3,19)20)6-13(10)14(18)17(2)9-11-7-15-16-8-11/h4-8H,9H2,1-3H3,(H,15,16). The van der Waals surface area contributed by atoms with Gasteiger partial charge in [-0.2, -0.15) is 5.10 Å². The Bertz CT molecular complexity index is 752. The molecule has 0 aliphatic heterocycles. The van der Waals surface area contributed by atoms with E-state index in [1.807, 2.05) is 0 Å². The van der Waals surface area contributed by atoms with Gasteiger partial charge in [-0.1, -0.05) is 6.07 Å². The van der Waals surface area contributed by atoms with Gasteiger partial charge in [-0.15, -0.1) is 0 Å². The summed E-state index contributed by atoms with van der Waals surface area (Å²) in [5.41, 5.74) is 2.01. The topological polar surface area (TPSA) is 83.1 Å². The van der Waals surface area contributed by atoms with Crippen LogP contribution in [0.25, 0.3) is 0 Å². The highest BCUT2D eigenvalue weighted by atomic mass is 32.2. The number of hydrogen-bond donors (Lipinski definition) is 1. The monoisotopic (exact) mass is 307 g/mol. The summed E-state index contributed by atoms with van der Waals surface area (Å²) in [7, 11) is -1.67. The molecule has 1 heterocycles. The highest BCUT2D eigenvalue weighted by Crippen LogP contribution is 2.17. The van der Waals surface area contributed by atoms with Crippen LogP contribution >= 0.6 is 0 Å². The summed E-state index contributed by atoms with van der Waals surface area (Å²) in [6, 6.07) is 4.59. The molecule has 2 aromatic rings. The van der Waals surface area contributed by atoms with Crippen molar-refractivity contribution in [3.05, 3.63) is 47.3 Å². The second kappa shape index (κ2) is 5.69. The molecule has 0 radical (unpaired) electrons. The van der Waals surface area contributed by atoms with Gasteiger partial charge in [0.1, 0.15) is 0 Å². The van der Waals surface area contributed by atoms with Gasteiger partial charge in [0.25, 0.3) is 5.91 Å². The maximum absolute atomic E-state index is 12.5. The number of H-pyrrole nitrogens is 1. The van der Waals surface area contributed by atoms with Gasteiger partial charge in [-0.05, 0) is 24.6 Å². The minimum absolute atomic E-state index is 0.146. The van der Waals surface area contributed by atoms with E-state index >= 15 is 0 Å². The molecule has 0 saturated heterocycles. The molecule has 1 N–H and O–H groups in total. The van der Waals surface area contributed by atoms with Crippen LogP contribution in [0.4, 0.5) is 0 Å². The molecule has 0 bridgehead atoms. The maximum atomic E-state index is 12.5. The van der Waals surface area contributed by atoms with Gasteiger partial charge in [-0.25, -0.2) is 8.42 Å². The third-order valence-electron chi connectivity index (χ3n) is 3.19. The minimum atomic E-state index is -3.34. The van der Waals surface area contributed by atoms with Gasteiger partial charge in [-0.3, -0.25) is 9.89 Å². The Morgan fingerprint density at radius 3 is 2.67 bits per heavy atom. The highest BCUT2D eigenvalue weighted by molar-refractivity contribution is 7.90. The molecule has 0 unspecified atom stereocenters. The Morgan fingerprint density at radius 2 is 2.10 bits per heavy atom. The van der Waals surface area contributed by atoms with Crippen LogP contribution in [-0.4, -0.2) is 42.7 Å². The molecular weight excluding hydrogens is 290 g/mol. The molecule has 7 heteroatoms. The zero-order valence-electron chi connectivity index (χ0n) is 12.1. The number of aromatic nitrogens is 2. The molecule has 112 valence electrons. The average Bonchev–Trinajstić information content (AvgIpc) is 2.90. The largest absolute Gasteiger partial charge is 0.337 e. The summed E-state index contributed by atoms with van der Waals surface area (Å²) in [6.07, 6.45) is 4.48. The van der Waals surface area contributed by atoms with Crippen LogP contribution in [0.1, 0.15) is 21.5 Å². The molecule has 2 rings (SSSR count). The van der Waals surface area contributed by atoms with E-state index in [0.717, 1.165) is 17.4 Å². The fraction of sp³-hybridized carbons (Fsp3) is 0.286. The van der Waals surface area contributed by atoms with E-state index in [-0.39, 0.29) is 10.8 Å². The molecule has 6 nitrogen and oxygen atoms in total. The van der Waals surface area contributed by atoms with E-state index < -0.39 is 9.84 Å². The van der Waals surface area contributed by atoms with Crippen molar-refractivity contribution < 1.29 is 13.2 Å². The van der Waals surface area contributed by atoms with E-state index in [4.69, 9.17) is 0 Å². The summed E-state index contributed by atoms with van der Waals surface area (Å²) in [4.78, 5) is 14.1. The predicted molar refractivity (Wildman–Crippen MR) is 78.7 cm³/mol. The molecule has 1 aromatic carbocycles. The van der Waals surface area contributed by atoms with Gasteiger partial charge < -0.3 is 4.90 Å². The van der Waals surface area contributed by atoms with Crippen LogP contribution in [0.2, 0.25) is 0 Å². The molecule has 21 heavy (non-hydrogen) atoms. The fourth-order valence-corrected chi connectivity index (χ4v) is 2.62. The van der Waals surface area contributed by atoms with Crippen LogP contribution in [0.15, 0.2) is 35.5 Å². The van der Waals surface area contributed by atoms with Gasteiger partial charge >= 0.3 is 0 Å². The zero-order valence-corrected chi connectivity index (χ0v) is 12.9. The molecule has 0 spiro atoms. The van der Waals surface area contributed by atoms with E-state index in [0.29, 0.717) is 12.1 Å². The molecule has 0 fully saturated rings. The third-order valence-corrected chi connectivity index (χ3v) is 4.30. The van der Waals surface area contributed by atoms with E-state index in [2.05, 4.69) is 10.2 Å². The van der Waals surface area contributed by atoms with Crippen molar-refractivity contribution in [1.29, 1.82) is 0 Å². The lowest BCUT2D eigenvalue weighted by molar-refractivity contribution is 0.0784. The zero-order chi connectivity index (χ0) is 15.6. The Labute approximate surface area is 123 Å². The smallest absolute Gasteiger partial charge is 0.254 e. The van der Waals surface area contributed by atoms with Crippen molar-refractivity contribution in [2.45, 2.75) is 18.4 Å². The second-order valence-electron chi connectivity index (χ2n) is 5.02. The number of benzene rings is 1. The van der Waals surface area contributed by atoms with Gasteiger partial charge in [0.15, 0.2) is 9.84 Å². The fourth-order valence-electron chi connectivity index (χ4n) is 1.98. The average molecular weight is 307 g/mol. The number of carbonyl (C=O) groups excluding carboxylic acids is 1. The number of sulfone groups is 1. The molecule has 0 saturated carbocycles. The van der Waals surface area contributed by atoms with Gasteiger partial charge in [0.2, 0.25) is 0 Å². The lowest BCUT2D eigenvalue weighted by Gasteiger charge is -2.18. The van der Waals surface area contributed by atoms with Crippen molar-refractivity contribution in [2.75, 3.05) is 13.3 Å². The third kappa shape index (κ3) is 3.49. The van der Waals surface area contributed by atoms with Crippen molar-refractivity contribution >= 4 is 15.7 Å². The van der Waals surface area contributed by atoms with Gasteiger partial charge in [0.05, 0.1) is 11.1 Å². The Balaban J connectivity index is 2.30. The maximum Gasteiger partial charge on any atom is 0.254 e. The van der Waals surface area contributed by atoms with Crippen molar-refractivity contribution in [2.24, 2.45) is 0 Å². The quantitative estimate of drug-likeness (QED) is 0.925. The summed E-state index contributed by atoms with van der Waals surface area (Å²) < 4.78 is 23.2. The summed E-state index contributed by atoms with van der Waals surface area (Å²) in [6.45, 7) is 2.18. The number of nitrogens with zero attached hydrogens (tertiary/aromatic N) is 2. The molecule has 0 atom stereocenters. The summed E-state index contributed by atoms with van der Waals surface area (Å²) in [5.74, 6) is -0.223. The van der Waals surface area contributed by atoms with Crippen molar-refractivity contribution in [1.82, 2.24) is 15.1 Å². The first-order valence-corrected chi connectivity index (χ1v) is 8.22. The SMILES string of the molecule is Cc1ccc(S(C)(=O)=O)cc1C(=O)N(C)Cc1cn[nH]c1. The number of nitrogens with one attached hydrogen (secondary N) is 1. The first kappa shape index (κ1) is 15.2. The lowest BCUT2D eigenvalue weighted by Crippen LogP contribution is -2.27. The normalized spacial score (nSPS) is 11.4. The van der Waals surface area contributed by atoms with Crippen LogP contribution in [-0.2, 0) is 16.4 Å². The van der Waals surface area contributed by atoms with Gasteiger partial charge in [0, 0.05) is 37.2 Å². The lowest BCUT2D eigenvalue weighted by atomic mass is 10.1. The second-order valence-corrected chi connectivity index (χ2v) is 7.03. The summed E-state index contributed by atoms with van der Waals surface area (Å²) in [5, 5.41) is 6.52. The number of hydrogen-bond acceptors (Lipinski definition) is 4. The Kier molecular flexibility index (Phi) is 4.13. The van der Waals surface area contributed by atoms with Crippen LogP contribution in [0.5, 0.6) is 0 Å². The number of aryl methyl sites for hydroxylation is 1. The molecule has 1 aromatic heterocycles. The van der Waals surface area contributed by atoms with E-state index in [1.165, 1.54) is 17.0 Å². The molecule has 1 amide bonds. The number of amides is 1. The Hall–Kier alpha value is -2.15. The number of carbonyl (C=O) groups is 1. The summed E-state index contributed by atoms with van der Waals surface area (Å²) >= 11 is 0. The molecule has 0 aliphatic rings.